The molecule has 1 aliphatic rings. The molecule has 1 aliphatic heterocycles. The molecule has 3 rings (SSSR count). The van der Waals surface area contributed by atoms with E-state index in [0.29, 0.717) is 10.0 Å². The summed E-state index contributed by atoms with van der Waals surface area (Å²) in [6.45, 7) is 1.42. The summed E-state index contributed by atoms with van der Waals surface area (Å²) in [5.41, 5.74) is -0.567. The maximum atomic E-state index is 12.9. The molecule has 162 valence electrons. The molecule has 31 heavy (non-hydrogen) atoms. The van der Waals surface area contributed by atoms with Gasteiger partial charge in [-0.1, -0.05) is 46.0 Å². The lowest BCUT2D eigenvalue weighted by atomic mass is 10.1. The van der Waals surface area contributed by atoms with Crippen LogP contribution in [0, 0.1) is 0 Å². The van der Waals surface area contributed by atoms with E-state index in [1.54, 1.807) is 12.1 Å². The number of benzene rings is 2. The molecule has 1 fully saturated rings. The number of hydrogen-bond acceptors (Lipinski definition) is 5. The van der Waals surface area contributed by atoms with E-state index in [0.717, 1.165) is 28.8 Å². The minimum Gasteiger partial charge on any atom is -0.507 e. The van der Waals surface area contributed by atoms with Crippen LogP contribution in [0.25, 0.3) is 6.08 Å². The molecule has 2 N–H and O–H groups in total. The van der Waals surface area contributed by atoms with Gasteiger partial charge in [0.25, 0.3) is 5.91 Å². The fraction of sp³-hybridized carbons (Fsp3) is 0.150. The lowest BCUT2D eigenvalue weighted by Gasteiger charge is -2.22. The van der Waals surface area contributed by atoms with Gasteiger partial charge in [-0.15, -0.1) is 0 Å². The van der Waals surface area contributed by atoms with Gasteiger partial charge in [-0.25, -0.2) is 0 Å². The van der Waals surface area contributed by atoms with Crippen LogP contribution in [0.2, 0.25) is 0 Å². The molecule has 1 atom stereocenters. The lowest BCUT2D eigenvalue weighted by molar-refractivity contribution is -0.137. The summed E-state index contributed by atoms with van der Waals surface area (Å²) in [4.78, 5) is 26.7. The number of rotatable bonds is 4. The number of thiocarbonyl (C=S) groups is 1. The first-order chi connectivity index (χ1) is 14.5. The first-order valence-corrected chi connectivity index (χ1v) is 10.7. The third-order valence-electron chi connectivity index (χ3n) is 4.32. The fourth-order valence-corrected chi connectivity index (χ4v) is 4.52. The van der Waals surface area contributed by atoms with Crippen molar-refractivity contribution in [3.8, 4) is 5.75 Å². The number of nitrogens with one attached hydrogen (secondary N) is 1. The van der Waals surface area contributed by atoms with E-state index in [-0.39, 0.29) is 20.7 Å². The van der Waals surface area contributed by atoms with Crippen molar-refractivity contribution in [3.63, 3.8) is 0 Å². The Balaban J connectivity index is 1.79. The molecule has 0 bridgehead atoms. The number of hydrogen-bond donors (Lipinski definition) is 2. The largest absolute Gasteiger partial charge is 0.507 e. The van der Waals surface area contributed by atoms with Gasteiger partial charge in [0.15, 0.2) is 0 Å². The monoisotopic (exact) mass is 530 g/mol. The number of amides is 2. The van der Waals surface area contributed by atoms with Crippen molar-refractivity contribution in [1.29, 1.82) is 0 Å². The van der Waals surface area contributed by atoms with E-state index >= 15 is 0 Å². The zero-order valence-electron chi connectivity index (χ0n) is 15.7. The van der Waals surface area contributed by atoms with Gasteiger partial charge in [0.05, 0.1) is 10.5 Å². The average molecular weight is 531 g/mol. The van der Waals surface area contributed by atoms with Gasteiger partial charge in [0.2, 0.25) is 5.91 Å². The molecule has 0 radical (unpaired) electrons. The van der Waals surface area contributed by atoms with Crippen molar-refractivity contribution in [2.75, 3.05) is 5.32 Å². The number of phenols is 1. The number of alkyl halides is 3. The number of aromatic hydroxyl groups is 1. The molecule has 5 nitrogen and oxygen atoms in total. The zero-order valence-corrected chi connectivity index (χ0v) is 19.0. The molecular formula is C20H14BrF3N2O3S2. The Hall–Kier alpha value is -2.37. The topological polar surface area (TPSA) is 69.6 Å². The first-order valence-electron chi connectivity index (χ1n) is 8.71. The summed E-state index contributed by atoms with van der Waals surface area (Å²) >= 11 is 9.47. The van der Waals surface area contributed by atoms with Gasteiger partial charge in [-0.3, -0.25) is 14.5 Å². The zero-order chi connectivity index (χ0) is 22.9. The van der Waals surface area contributed by atoms with Crippen LogP contribution in [-0.4, -0.2) is 32.2 Å². The van der Waals surface area contributed by atoms with Gasteiger partial charge in [0, 0.05) is 15.7 Å². The van der Waals surface area contributed by atoms with Crippen molar-refractivity contribution in [2.24, 2.45) is 0 Å². The van der Waals surface area contributed by atoms with Crippen molar-refractivity contribution in [2.45, 2.75) is 19.1 Å². The maximum Gasteiger partial charge on any atom is 0.416 e. The highest BCUT2D eigenvalue weighted by atomic mass is 79.9. The summed E-state index contributed by atoms with van der Waals surface area (Å²) in [5, 5.41) is 12.4. The number of thioether (sulfide) groups is 1. The van der Waals surface area contributed by atoms with Crippen LogP contribution >= 0.6 is 39.9 Å². The molecule has 0 saturated carbocycles. The van der Waals surface area contributed by atoms with Crippen LogP contribution < -0.4 is 5.32 Å². The van der Waals surface area contributed by atoms with Crippen LogP contribution in [0.1, 0.15) is 18.1 Å². The SMILES string of the molecule is CC(C(=O)Nc1cccc(C(F)(F)F)c1)N1C(=O)/C(=C/c2cc(Br)ccc2O)SC1=S. The van der Waals surface area contributed by atoms with Crippen molar-refractivity contribution in [1.82, 2.24) is 4.90 Å². The third kappa shape index (κ3) is 5.28. The van der Waals surface area contributed by atoms with Crippen molar-refractivity contribution in [3.05, 3.63) is 63.0 Å². The fourth-order valence-electron chi connectivity index (χ4n) is 2.73. The van der Waals surface area contributed by atoms with Crippen molar-refractivity contribution >= 4 is 67.8 Å². The molecule has 0 aromatic heterocycles. The number of anilines is 1. The average Bonchev–Trinajstić information content (AvgIpc) is 2.97. The molecule has 1 unspecified atom stereocenters. The predicted octanol–water partition coefficient (Wildman–Crippen LogP) is 5.40. The second kappa shape index (κ2) is 9.01. The maximum absolute atomic E-state index is 12.9. The molecule has 2 aromatic carbocycles. The van der Waals surface area contributed by atoms with E-state index < -0.39 is 29.6 Å². The normalized spacial score (nSPS) is 16.7. The van der Waals surface area contributed by atoms with Crippen LogP contribution in [0.5, 0.6) is 5.75 Å². The second-order valence-corrected chi connectivity index (χ2v) is 9.09. The van der Waals surface area contributed by atoms with Gasteiger partial charge < -0.3 is 10.4 Å². The Bertz CT molecular complexity index is 1110. The molecular weight excluding hydrogens is 517 g/mol. The van der Waals surface area contributed by atoms with Crippen molar-refractivity contribution < 1.29 is 27.9 Å². The summed E-state index contributed by atoms with van der Waals surface area (Å²) in [5.74, 6) is -1.27. The Kier molecular flexibility index (Phi) is 6.77. The number of nitrogens with zero attached hydrogens (tertiary/aromatic N) is 1. The highest BCUT2D eigenvalue weighted by molar-refractivity contribution is 9.10. The standard InChI is InChI=1S/C20H14BrF3N2O3S2/c1-10(17(28)25-14-4-2-3-12(9-14)20(22,23)24)26-18(29)16(31-19(26)30)8-11-7-13(21)5-6-15(11)27/h2-10,27H,1H3,(H,25,28)/b16-8-. The molecule has 0 aliphatic carbocycles. The molecule has 11 heteroatoms. The smallest absolute Gasteiger partial charge is 0.416 e. The van der Waals surface area contributed by atoms with Gasteiger partial charge in [-0.2, -0.15) is 13.2 Å². The lowest BCUT2D eigenvalue weighted by Crippen LogP contribution is -2.44. The Morgan fingerprint density at radius 3 is 2.68 bits per heavy atom. The van der Waals surface area contributed by atoms with Gasteiger partial charge in [-0.05, 0) is 49.4 Å². The van der Waals surface area contributed by atoms with Gasteiger partial charge in [0.1, 0.15) is 16.1 Å². The summed E-state index contributed by atoms with van der Waals surface area (Å²) < 4.78 is 39.4. The van der Waals surface area contributed by atoms with E-state index in [2.05, 4.69) is 21.2 Å². The number of halogens is 4. The van der Waals surface area contributed by atoms with Gasteiger partial charge >= 0.3 is 6.18 Å². The first kappa shape index (κ1) is 23.3. The quantitative estimate of drug-likeness (QED) is 0.409. The number of carbonyl (C=O) groups excluding carboxylic acids is 2. The molecule has 1 saturated heterocycles. The Morgan fingerprint density at radius 2 is 2.00 bits per heavy atom. The molecule has 1 heterocycles. The predicted molar refractivity (Wildman–Crippen MR) is 120 cm³/mol. The second-order valence-electron chi connectivity index (χ2n) is 6.50. The molecule has 0 spiro atoms. The number of carbonyl (C=O) groups is 2. The minimum atomic E-state index is -4.55. The summed E-state index contributed by atoms with van der Waals surface area (Å²) in [7, 11) is 0. The van der Waals surface area contributed by atoms with E-state index in [1.165, 1.54) is 31.2 Å². The van der Waals surface area contributed by atoms with E-state index in [4.69, 9.17) is 12.2 Å². The van der Waals surface area contributed by atoms with E-state index in [9.17, 15) is 27.9 Å². The molecule has 2 aromatic rings. The summed E-state index contributed by atoms with van der Waals surface area (Å²) in [6.07, 6.45) is -3.09. The highest BCUT2D eigenvalue weighted by Crippen LogP contribution is 2.36. The third-order valence-corrected chi connectivity index (χ3v) is 6.15. The van der Waals surface area contributed by atoms with Crippen LogP contribution in [-0.2, 0) is 15.8 Å². The van der Waals surface area contributed by atoms with Crippen LogP contribution in [0.15, 0.2) is 51.8 Å². The minimum absolute atomic E-state index is 0.0381. The Morgan fingerprint density at radius 1 is 1.29 bits per heavy atom. The number of phenolic OH excluding ortho intramolecular Hbond substituents is 1. The van der Waals surface area contributed by atoms with E-state index in [1.807, 2.05) is 0 Å². The highest BCUT2D eigenvalue weighted by Gasteiger charge is 2.38. The molecule has 2 amide bonds. The summed E-state index contributed by atoms with van der Waals surface area (Å²) in [6, 6.07) is 7.85. The van der Waals surface area contributed by atoms with Crippen LogP contribution in [0.4, 0.5) is 18.9 Å². The van der Waals surface area contributed by atoms with Crippen LogP contribution in [0.3, 0.4) is 0 Å². The Labute approximate surface area is 193 Å².